The summed E-state index contributed by atoms with van der Waals surface area (Å²) < 4.78 is 0. The van der Waals surface area contributed by atoms with Crippen molar-refractivity contribution in [3.05, 3.63) is 76.4 Å². The summed E-state index contributed by atoms with van der Waals surface area (Å²) in [6.45, 7) is 4.07. The largest absolute Gasteiger partial charge is 0.310 e. The predicted octanol–water partition coefficient (Wildman–Crippen LogP) is 3.42. The maximum atomic E-state index is 12.5. The highest BCUT2D eigenvalue weighted by molar-refractivity contribution is 5.83. The molecule has 0 fully saturated rings. The third-order valence-electron chi connectivity index (χ3n) is 4.26. The van der Waals surface area contributed by atoms with E-state index in [1.165, 1.54) is 0 Å². The first-order chi connectivity index (χ1) is 12.6. The molecule has 2 N–H and O–H groups in total. The molecule has 0 aliphatic heterocycles. The van der Waals surface area contributed by atoms with Crippen LogP contribution in [0.4, 0.5) is 0 Å². The van der Waals surface area contributed by atoms with Crippen molar-refractivity contribution in [3.8, 4) is 11.1 Å². The first kappa shape index (κ1) is 16.2. The molecule has 26 heavy (non-hydrogen) atoms. The van der Waals surface area contributed by atoms with Gasteiger partial charge in [-0.05, 0) is 23.3 Å². The number of H-pyrrole nitrogens is 2. The van der Waals surface area contributed by atoms with Gasteiger partial charge in [-0.25, -0.2) is 9.97 Å². The Morgan fingerprint density at radius 2 is 1.77 bits per heavy atom. The second kappa shape index (κ2) is 6.55. The van der Waals surface area contributed by atoms with Gasteiger partial charge in [0.05, 0.1) is 17.3 Å². The van der Waals surface area contributed by atoms with Crippen molar-refractivity contribution in [3.63, 3.8) is 0 Å². The van der Waals surface area contributed by atoms with Crippen LogP contribution in [0.3, 0.4) is 0 Å². The summed E-state index contributed by atoms with van der Waals surface area (Å²) in [6, 6.07) is 15.7. The second-order valence-corrected chi connectivity index (χ2v) is 6.58. The number of aromatic amines is 2. The average molecular weight is 345 g/mol. The Hall–Kier alpha value is -3.28. The molecule has 0 bridgehead atoms. The Labute approximate surface area is 150 Å². The molecule has 6 heteroatoms. The van der Waals surface area contributed by atoms with Crippen molar-refractivity contribution in [1.29, 1.82) is 0 Å². The molecule has 0 spiro atoms. The van der Waals surface area contributed by atoms with Gasteiger partial charge in [-0.15, -0.1) is 0 Å². The Balaban J connectivity index is 1.69. The van der Waals surface area contributed by atoms with Gasteiger partial charge >= 0.3 is 0 Å². The van der Waals surface area contributed by atoms with E-state index in [1.807, 2.05) is 62.4 Å². The number of nitrogens with zero attached hydrogens (tertiary/aromatic N) is 3. The van der Waals surface area contributed by atoms with Crippen LogP contribution >= 0.6 is 0 Å². The number of hydrogen-bond acceptors (Lipinski definition) is 4. The van der Waals surface area contributed by atoms with E-state index >= 15 is 0 Å². The van der Waals surface area contributed by atoms with Crippen LogP contribution in [0.2, 0.25) is 0 Å². The lowest BCUT2D eigenvalue weighted by atomic mass is 10.0. The standard InChI is InChI=1S/C20H19N5O/c1-12(2)19-22-18(24-25-19)11-17-21-16-9-8-14(10-15(16)20(26)23-17)13-6-4-3-5-7-13/h3-10,12H,11H2,1-2H3,(H,21,23,26)(H,22,24,25). The Morgan fingerprint density at radius 1 is 0.962 bits per heavy atom. The normalized spacial score (nSPS) is 11.3. The fourth-order valence-electron chi connectivity index (χ4n) is 2.89. The van der Waals surface area contributed by atoms with E-state index in [9.17, 15) is 4.79 Å². The van der Waals surface area contributed by atoms with Crippen molar-refractivity contribution in [2.24, 2.45) is 0 Å². The van der Waals surface area contributed by atoms with Crippen LogP contribution in [-0.2, 0) is 6.42 Å². The van der Waals surface area contributed by atoms with Crippen molar-refractivity contribution < 1.29 is 0 Å². The van der Waals surface area contributed by atoms with Crippen molar-refractivity contribution in [2.45, 2.75) is 26.2 Å². The molecule has 2 aromatic heterocycles. The van der Waals surface area contributed by atoms with Gasteiger partial charge < -0.3 is 4.98 Å². The molecule has 0 unspecified atom stereocenters. The number of hydrogen-bond donors (Lipinski definition) is 2. The lowest BCUT2D eigenvalue weighted by Crippen LogP contribution is -2.12. The number of rotatable bonds is 4. The van der Waals surface area contributed by atoms with E-state index in [1.54, 1.807) is 0 Å². The zero-order chi connectivity index (χ0) is 18.1. The number of nitrogens with one attached hydrogen (secondary N) is 2. The molecule has 6 nitrogen and oxygen atoms in total. The molecule has 0 amide bonds. The first-order valence-corrected chi connectivity index (χ1v) is 8.59. The maximum absolute atomic E-state index is 12.5. The van der Waals surface area contributed by atoms with Crippen LogP contribution in [0, 0.1) is 0 Å². The third-order valence-corrected chi connectivity index (χ3v) is 4.26. The van der Waals surface area contributed by atoms with Gasteiger partial charge in [0.25, 0.3) is 5.56 Å². The molecule has 0 aliphatic carbocycles. The summed E-state index contributed by atoms with van der Waals surface area (Å²) in [4.78, 5) is 24.4. The summed E-state index contributed by atoms with van der Waals surface area (Å²) in [5.74, 6) is 2.27. The minimum absolute atomic E-state index is 0.147. The quantitative estimate of drug-likeness (QED) is 0.593. The summed E-state index contributed by atoms with van der Waals surface area (Å²) in [5, 5.41) is 7.68. The van der Waals surface area contributed by atoms with Gasteiger partial charge in [-0.3, -0.25) is 9.89 Å². The topological polar surface area (TPSA) is 87.3 Å². The van der Waals surface area contributed by atoms with Crippen LogP contribution in [0.5, 0.6) is 0 Å². The number of aromatic nitrogens is 5. The maximum Gasteiger partial charge on any atom is 0.258 e. The van der Waals surface area contributed by atoms with Crippen LogP contribution in [-0.4, -0.2) is 25.1 Å². The summed E-state index contributed by atoms with van der Waals surface area (Å²) >= 11 is 0. The minimum Gasteiger partial charge on any atom is -0.310 e. The molecule has 4 rings (SSSR count). The molecule has 0 atom stereocenters. The zero-order valence-corrected chi connectivity index (χ0v) is 14.7. The second-order valence-electron chi connectivity index (χ2n) is 6.58. The highest BCUT2D eigenvalue weighted by atomic mass is 16.1. The Morgan fingerprint density at radius 3 is 2.50 bits per heavy atom. The average Bonchev–Trinajstić information content (AvgIpc) is 3.11. The third kappa shape index (κ3) is 3.13. The molecule has 0 saturated heterocycles. The fourth-order valence-corrected chi connectivity index (χ4v) is 2.89. The molecular weight excluding hydrogens is 326 g/mol. The first-order valence-electron chi connectivity index (χ1n) is 8.59. The smallest absolute Gasteiger partial charge is 0.258 e. The SMILES string of the molecule is CC(C)c1n[nH]c(Cc2nc3ccc(-c4ccccc4)cc3c(=O)[nH]2)n1. The van der Waals surface area contributed by atoms with E-state index in [2.05, 4.69) is 25.1 Å². The summed E-state index contributed by atoms with van der Waals surface area (Å²) in [7, 11) is 0. The Kier molecular flexibility index (Phi) is 4.08. The van der Waals surface area contributed by atoms with Gasteiger partial charge in [0.2, 0.25) is 0 Å². The van der Waals surface area contributed by atoms with Gasteiger partial charge in [0.1, 0.15) is 11.6 Å². The van der Waals surface area contributed by atoms with Crippen molar-refractivity contribution in [2.75, 3.05) is 0 Å². The molecular formula is C20H19N5O. The van der Waals surface area contributed by atoms with E-state index in [0.717, 1.165) is 17.0 Å². The van der Waals surface area contributed by atoms with Crippen LogP contribution in [0.15, 0.2) is 53.3 Å². The van der Waals surface area contributed by atoms with Gasteiger partial charge in [-0.2, -0.15) is 5.10 Å². The fraction of sp³-hybridized carbons (Fsp3) is 0.200. The molecule has 2 heterocycles. The van der Waals surface area contributed by atoms with E-state index in [-0.39, 0.29) is 11.5 Å². The highest BCUT2D eigenvalue weighted by Crippen LogP contribution is 2.22. The van der Waals surface area contributed by atoms with Crippen molar-refractivity contribution >= 4 is 10.9 Å². The van der Waals surface area contributed by atoms with Crippen LogP contribution in [0.1, 0.15) is 37.2 Å². The van der Waals surface area contributed by atoms with Gasteiger partial charge in [0, 0.05) is 5.92 Å². The molecule has 130 valence electrons. The van der Waals surface area contributed by atoms with E-state index in [0.29, 0.717) is 29.0 Å². The zero-order valence-electron chi connectivity index (χ0n) is 14.7. The number of benzene rings is 2. The molecule has 0 saturated carbocycles. The Bertz CT molecular complexity index is 1110. The van der Waals surface area contributed by atoms with Crippen LogP contribution in [0.25, 0.3) is 22.0 Å². The number of fused-ring (bicyclic) bond motifs is 1. The molecule has 0 radical (unpaired) electrons. The monoisotopic (exact) mass is 345 g/mol. The summed E-state index contributed by atoms with van der Waals surface area (Å²) in [5.41, 5.74) is 2.59. The van der Waals surface area contributed by atoms with Gasteiger partial charge in [0.15, 0.2) is 5.82 Å². The molecule has 2 aromatic carbocycles. The lowest BCUT2D eigenvalue weighted by molar-refractivity contribution is 0.780. The van der Waals surface area contributed by atoms with E-state index in [4.69, 9.17) is 0 Å². The van der Waals surface area contributed by atoms with Gasteiger partial charge in [-0.1, -0.05) is 50.2 Å². The summed E-state index contributed by atoms with van der Waals surface area (Å²) in [6.07, 6.45) is 0.408. The highest BCUT2D eigenvalue weighted by Gasteiger charge is 2.11. The van der Waals surface area contributed by atoms with E-state index < -0.39 is 0 Å². The van der Waals surface area contributed by atoms with Crippen LogP contribution < -0.4 is 5.56 Å². The minimum atomic E-state index is -0.147. The molecule has 0 aliphatic rings. The lowest BCUT2D eigenvalue weighted by Gasteiger charge is -2.05. The predicted molar refractivity (Wildman–Crippen MR) is 101 cm³/mol. The van der Waals surface area contributed by atoms with Crippen molar-refractivity contribution in [1.82, 2.24) is 25.1 Å². The molecule has 4 aromatic rings.